The highest BCUT2D eigenvalue weighted by Crippen LogP contribution is 2.37. The molecule has 128 valence electrons. The van der Waals surface area contributed by atoms with Crippen molar-refractivity contribution in [2.24, 2.45) is 5.73 Å². The Morgan fingerprint density at radius 2 is 1.19 bits per heavy atom. The van der Waals surface area contributed by atoms with Gasteiger partial charge in [-0.1, -0.05) is 41.5 Å². The van der Waals surface area contributed by atoms with E-state index in [0.29, 0.717) is 6.61 Å². The van der Waals surface area contributed by atoms with E-state index in [2.05, 4.69) is 67.7 Å². The van der Waals surface area contributed by atoms with Crippen molar-refractivity contribution in [2.75, 3.05) is 13.2 Å². The minimum Gasteiger partial charge on any atom is -0.417 e. The second kappa shape index (κ2) is 7.26. The lowest BCUT2D eigenvalue weighted by Crippen LogP contribution is -2.45. The number of rotatable bonds is 7. The zero-order chi connectivity index (χ0) is 17.1. The van der Waals surface area contributed by atoms with Gasteiger partial charge in [-0.2, -0.15) is 0 Å². The van der Waals surface area contributed by atoms with Crippen molar-refractivity contribution >= 4 is 16.6 Å². The molecule has 0 radical (unpaired) electrons. The summed E-state index contributed by atoms with van der Waals surface area (Å²) in [6.07, 6.45) is 0.876. The topological polar surface area (TPSA) is 44.5 Å². The van der Waals surface area contributed by atoms with Gasteiger partial charge in [-0.05, 0) is 42.7 Å². The smallest absolute Gasteiger partial charge is 0.192 e. The van der Waals surface area contributed by atoms with E-state index in [1.54, 1.807) is 0 Å². The van der Waals surface area contributed by atoms with Gasteiger partial charge in [0.15, 0.2) is 16.6 Å². The normalized spacial score (nSPS) is 16.1. The molecule has 0 aromatic heterocycles. The first-order valence-electron chi connectivity index (χ1n) is 8.14. The lowest BCUT2D eigenvalue weighted by Gasteiger charge is -2.37. The van der Waals surface area contributed by atoms with E-state index in [0.717, 1.165) is 13.0 Å². The molecule has 0 fully saturated rings. The first kappa shape index (κ1) is 21.3. The summed E-state index contributed by atoms with van der Waals surface area (Å²) < 4.78 is 12.4. The molecule has 0 spiro atoms. The van der Waals surface area contributed by atoms with Crippen LogP contribution < -0.4 is 5.73 Å². The third-order valence-corrected chi connectivity index (χ3v) is 14.3. The fraction of sp³-hybridized carbons (Fsp3) is 1.00. The first-order chi connectivity index (χ1) is 9.10. The van der Waals surface area contributed by atoms with Crippen LogP contribution in [-0.4, -0.2) is 35.9 Å². The van der Waals surface area contributed by atoms with E-state index < -0.39 is 16.6 Å². The van der Waals surface area contributed by atoms with Crippen molar-refractivity contribution in [2.45, 2.75) is 90.3 Å². The highest BCUT2D eigenvalue weighted by atomic mass is 28.4. The molecular formula is C16H39NO2Si2. The molecule has 0 saturated heterocycles. The second-order valence-electron chi connectivity index (χ2n) is 9.23. The predicted molar refractivity (Wildman–Crippen MR) is 98.9 cm³/mol. The molecule has 0 aromatic rings. The van der Waals surface area contributed by atoms with Gasteiger partial charge in [0.1, 0.15) is 0 Å². The predicted octanol–water partition coefficient (Wildman–Crippen LogP) is 4.75. The van der Waals surface area contributed by atoms with Gasteiger partial charge in [0.05, 0.1) is 0 Å². The van der Waals surface area contributed by atoms with Crippen molar-refractivity contribution in [3.8, 4) is 0 Å². The molecule has 0 aliphatic heterocycles. The first-order valence-corrected chi connectivity index (χ1v) is 14.0. The Morgan fingerprint density at radius 1 is 0.810 bits per heavy atom. The van der Waals surface area contributed by atoms with Gasteiger partial charge in [0, 0.05) is 19.3 Å². The average molecular weight is 334 g/mol. The van der Waals surface area contributed by atoms with Crippen LogP contribution in [0.25, 0.3) is 0 Å². The molecule has 1 atom stereocenters. The molecule has 0 heterocycles. The maximum Gasteiger partial charge on any atom is 0.192 e. The Kier molecular flexibility index (Phi) is 7.37. The Balaban J connectivity index is 4.17. The van der Waals surface area contributed by atoms with Crippen molar-refractivity contribution in [3.63, 3.8) is 0 Å². The number of hydrogen-bond donors (Lipinski definition) is 1. The van der Waals surface area contributed by atoms with Crippen molar-refractivity contribution < 1.29 is 8.85 Å². The van der Waals surface area contributed by atoms with Crippen LogP contribution in [0.4, 0.5) is 0 Å². The molecule has 5 heteroatoms. The van der Waals surface area contributed by atoms with Crippen LogP contribution in [0, 0.1) is 0 Å². The van der Waals surface area contributed by atoms with Gasteiger partial charge in [-0.25, -0.2) is 0 Å². The molecule has 0 aromatic carbocycles. The standard InChI is InChI=1S/C16H39NO2Si2/c1-15(2,3)20(7,8)18-12-11-14(17)13-19-21(9,10)16(4,5)6/h14H,11-13,17H2,1-10H3/t14-/m0/s1. The largest absolute Gasteiger partial charge is 0.417 e. The SMILES string of the molecule is CC(C)(C)[Si](C)(C)OCC[C@H](N)CO[Si](C)(C)C(C)(C)C. The summed E-state index contributed by atoms with van der Waals surface area (Å²) in [4.78, 5) is 0. The van der Waals surface area contributed by atoms with Gasteiger partial charge in [0.2, 0.25) is 0 Å². The maximum absolute atomic E-state index is 6.20. The average Bonchev–Trinajstić information content (AvgIpc) is 2.23. The monoisotopic (exact) mass is 333 g/mol. The van der Waals surface area contributed by atoms with Gasteiger partial charge in [-0.3, -0.25) is 0 Å². The van der Waals surface area contributed by atoms with Crippen LogP contribution >= 0.6 is 0 Å². The van der Waals surface area contributed by atoms with E-state index in [-0.39, 0.29) is 16.1 Å². The lowest BCUT2D eigenvalue weighted by molar-refractivity contribution is 0.222. The van der Waals surface area contributed by atoms with Gasteiger partial charge in [-0.15, -0.1) is 0 Å². The summed E-state index contributed by atoms with van der Waals surface area (Å²) in [6.45, 7) is 24.1. The fourth-order valence-electron chi connectivity index (χ4n) is 1.30. The van der Waals surface area contributed by atoms with E-state index >= 15 is 0 Å². The van der Waals surface area contributed by atoms with E-state index in [9.17, 15) is 0 Å². The third-order valence-electron chi connectivity index (χ3n) is 5.22. The molecule has 2 N–H and O–H groups in total. The lowest BCUT2D eigenvalue weighted by atomic mass is 10.2. The molecule has 0 aliphatic carbocycles. The van der Waals surface area contributed by atoms with Gasteiger partial charge >= 0.3 is 0 Å². The molecule has 0 unspecified atom stereocenters. The Bertz CT molecular complexity index is 317. The maximum atomic E-state index is 6.20. The zero-order valence-corrected chi connectivity index (χ0v) is 18.1. The molecule has 0 bridgehead atoms. The molecule has 0 rings (SSSR count). The van der Waals surface area contributed by atoms with Crippen LogP contribution in [0.15, 0.2) is 0 Å². The summed E-state index contributed by atoms with van der Waals surface area (Å²) in [5.74, 6) is 0. The van der Waals surface area contributed by atoms with Gasteiger partial charge < -0.3 is 14.6 Å². The minimum absolute atomic E-state index is 0.0730. The van der Waals surface area contributed by atoms with Crippen LogP contribution in [0.3, 0.4) is 0 Å². The molecule has 3 nitrogen and oxygen atoms in total. The van der Waals surface area contributed by atoms with Crippen LogP contribution in [0.1, 0.15) is 48.0 Å². The minimum atomic E-state index is -1.69. The molecular weight excluding hydrogens is 294 g/mol. The summed E-state index contributed by atoms with van der Waals surface area (Å²) >= 11 is 0. The number of nitrogens with two attached hydrogens (primary N) is 1. The Morgan fingerprint density at radius 3 is 1.57 bits per heavy atom. The summed E-state index contributed by atoms with van der Waals surface area (Å²) in [6, 6.07) is 0.0730. The fourth-order valence-corrected chi connectivity index (χ4v) is 3.42. The van der Waals surface area contributed by atoms with Crippen molar-refractivity contribution in [3.05, 3.63) is 0 Å². The van der Waals surface area contributed by atoms with Crippen LogP contribution in [-0.2, 0) is 8.85 Å². The third kappa shape index (κ3) is 6.95. The Labute approximate surface area is 135 Å². The summed E-state index contributed by atoms with van der Waals surface area (Å²) in [5.41, 5.74) is 6.20. The molecule has 0 saturated carbocycles. The van der Waals surface area contributed by atoms with Crippen LogP contribution in [0.2, 0.25) is 36.3 Å². The van der Waals surface area contributed by atoms with E-state index in [1.807, 2.05) is 0 Å². The second-order valence-corrected chi connectivity index (χ2v) is 18.8. The summed E-state index contributed by atoms with van der Waals surface area (Å²) in [5, 5.41) is 0.499. The highest BCUT2D eigenvalue weighted by Gasteiger charge is 2.38. The Hall–Kier alpha value is 0.314. The quantitative estimate of drug-likeness (QED) is 0.684. The zero-order valence-electron chi connectivity index (χ0n) is 16.1. The van der Waals surface area contributed by atoms with Crippen molar-refractivity contribution in [1.29, 1.82) is 0 Å². The molecule has 21 heavy (non-hydrogen) atoms. The van der Waals surface area contributed by atoms with Crippen molar-refractivity contribution in [1.82, 2.24) is 0 Å². The van der Waals surface area contributed by atoms with Gasteiger partial charge in [0.25, 0.3) is 0 Å². The van der Waals surface area contributed by atoms with E-state index in [4.69, 9.17) is 14.6 Å². The summed E-state index contributed by atoms with van der Waals surface area (Å²) in [7, 11) is -3.33. The molecule has 0 aliphatic rings. The highest BCUT2D eigenvalue weighted by molar-refractivity contribution is 6.74. The van der Waals surface area contributed by atoms with E-state index in [1.165, 1.54) is 0 Å². The van der Waals surface area contributed by atoms with Crippen LogP contribution in [0.5, 0.6) is 0 Å². The number of hydrogen-bond acceptors (Lipinski definition) is 3. The molecule has 0 amide bonds.